The molecule has 4 rings (SSSR count). The molecule has 1 fully saturated rings. The van der Waals surface area contributed by atoms with E-state index in [1.54, 1.807) is 0 Å². The van der Waals surface area contributed by atoms with Gasteiger partial charge < -0.3 is 10.7 Å². The maximum atomic E-state index is 12.4. The Kier molecular flexibility index (Phi) is 4.38. The first-order valence-corrected chi connectivity index (χ1v) is 8.83. The molecule has 2 atom stereocenters. The van der Waals surface area contributed by atoms with E-state index < -0.39 is 0 Å². The number of fused-ring (bicyclic) bond motifs is 1. The molecule has 1 aromatic heterocycles. The largest absolute Gasteiger partial charge is 0.330 e. The second kappa shape index (κ2) is 6.82. The third-order valence-electron chi connectivity index (χ3n) is 5.27. The second-order valence-corrected chi connectivity index (χ2v) is 6.92. The van der Waals surface area contributed by atoms with E-state index in [1.165, 1.54) is 5.56 Å². The number of hydrogen-bond donors (Lipinski definition) is 2. The fourth-order valence-corrected chi connectivity index (χ4v) is 3.96. The molecule has 128 valence electrons. The van der Waals surface area contributed by atoms with E-state index in [0.29, 0.717) is 24.9 Å². The van der Waals surface area contributed by atoms with Gasteiger partial charge in [0.15, 0.2) is 0 Å². The molecule has 0 bridgehead atoms. The molecular formula is C21H23N3O. The highest BCUT2D eigenvalue weighted by molar-refractivity contribution is 5.78. The van der Waals surface area contributed by atoms with Crippen molar-refractivity contribution in [2.45, 2.75) is 12.5 Å². The summed E-state index contributed by atoms with van der Waals surface area (Å²) in [6.45, 7) is 3.21. The van der Waals surface area contributed by atoms with Crippen LogP contribution in [-0.2, 0) is 6.54 Å². The minimum Gasteiger partial charge on any atom is -0.330 e. The van der Waals surface area contributed by atoms with Crippen LogP contribution in [0.4, 0.5) is 0 Å². The van der Waals surface area contributed by atoms with Gasteiger partial charge in [0.05, 0.1) is 0 Å². The first-order chi connectivity index (χ1) is 12.2. The van der Waals surface area contributed by atoms with Crippen LogP contribution in [0.25, 0.3) is 10.9 Å². The summed E-state index contributed by atoms with van der Waals surface area (Å²) >= 11 is 0. The number of benzene rings is 2. The molecule has 1 saturated heterocycles. The summed E-state index contributed by atoms with van der Waals surface area (Å²) in [4.78, 5) is 17.8. The molecule has 25 heavy (non-hydrogen) atoms. The maximum Gasteiger partial charge on any atom is 0.252 e. The van der Waals surface area contributed by atoms with Crippen molar-refractivity contribution in [3.8, 4) is 0 Å². The van der Waals surface area contributed by atoms with Crippen LogP contribution in [-0.4, -0.2) is 29.5 Å². The van der Waals surface area contributed by atoms with Gasteiger partial charge in [-0.2, -0.15) is 0 Å². The first kappa shape index (κ1) is 16.1. The van der Waals surface area contributed by atoms with Crippen LogP contribution >= 0.6 is 0 Å². The van der Waals surface area contributed by atoms with Gasteiger partial charge in [0, 0.05) is 36.6 Å². The van der Waals surface area contributed by atoms with Gasteiger partial charge in [-0.25, -0.2) is 0 Å². The number of rotatable bonds is 4. The molecule has 0 radical (unpaired) electrons. The Hall–Kier alpha value is -2.43. The number of nitrogens with one attached hydrogen (secondary N) is 1. The summed E-state index contributed by atoms with van der Waals surface area (Å²) in [7, 11) is 0. The standard InChI is InChI=1S/C21H23N3O/c22-11-18-13-24(14-19(18)15-6-2-1-3-7-15)12-17-10-16-8-4-5-9-20(16)23-21(17)25/h1-10,18-19H,11-14,22H2,(H,23,25)/t18-,19+/m1/s1. The van der Waals surface area contributed by atoms with Crippen molar-refractivity contribution in [1.82, 2.24) is 9.88 Å². The van der Waals surface area contributed by atoms with Crippen molar-refractivity contribution in [3.63, 3.8) is 0 Å². The van der Waals surface area contributed by atoms with Crippen LogP contribution < -0.4 is 11.3 Å². The van der Waals surface area contributed by atoms with Gasteiger partial charge in [-0.1, -0.05) is 48.5 Å². The minimum atomic E-state index is 0.00570. The Morgan fingerprint density at radius 3 is 2.60 bits per heavy atom. The molecule has 1 aliphatic rings. The molecule has 0 saturated carbocycles. The minimum absolute atomic E-state index is 0.00570. The van der Waals surface area contributed by atoms with Crippen molar-refractivity contribution in [2.75, 3.05) is 19.6 Å². The van der Waals surface area contributed by atoms with E-state index in [4.69, 9.17) is 5.73 Å². The van der Waals surface area contributed by atoms with Crippen LogP contribution in [0.2, 0.25) is 0 Å². The molecule has 2 heterocycles. The molecule has 0 amide bonds. The van der Waals surface area contributed by atoms with Crippen molar-refractivity contribution in [1.29, 1.82) is 0 Å². The molecule has 0 unspecified atom stereocenters. The Bertz CT molecular complexity index is 919. The van der Waals surface area contributed by atoms with E-state index in [-0.39, 0.29) is 5.56 Å². The molecular weight excluding hydrogens is 310 g/mol. The fourth-order valence-electron chi connectivity index (χ4n) is 3.96. The van der Waals surface area contributed by atoms with Crippen LogP contribution in [0.15, 0.2) is 65.5 Å². The van der Waals surface area contributed by atoms with E-state index >= 15 is 0 Å². The lowest BCUT2D eigenvalue weighted by Gasteiger charge is -2.16. The number of nitrogens with two attached hydrogens (primary N) is 1. The summed E-state index contributed by atoms with van der Waals surface area (Å²) in [5.41, 5.74) is 9.08. The Morgan fingerprint density at radius 1 is 1.04 bits per heavy atom. The third kappa shape index (κ3) is 3.23. The average molecular weight is 333 g/mol. The molecule has 0 spiro atoms. The Morgan fingerprint density at radius 2 is 1.80 bits per heavy atom. The van der Waals surface area contributed by atoms with Gasteiger partial charge >= 0.3 is 0 Å². The van der Waals surface area contributed by atoms with Crippen LogP contribution in [0.5, 0.6) is 0 Å². The maximum absolute atomic E-state index is 12.4. The lowest BCUT2D eigenvalue weighted by molar-refractivity contribution is 0.315. The van der Waals surface area contributed by atoms with Crippen molar-refractivity contribution in [3.05, 3.63) is 82.1 Å². The lowest BCUT2D eigenvalue weighted by atomic mass is 9.89. The Labute approximate surface area is 147 Å². The highest BCUT2D eigenvalue weighted by atomic mass is 16.1. The average Bonchev–Trinajstić information content (AvgIpc) is 3.06. The predicted molar refractivity (Wildman–Crippen MR) is 102 cm³/mol. The van der Waals surface area contributed by atoms with Crippen LogP contribution in [0.1, 0.15) is 17.0 Å². The number of pyridine rings is 1. The van der Waals surface area contributed by atoms with Gasteiger partial charge in [-0.05, 0) is 35.5 Å². The van der Waals surface area contributed by atoms with E-state index in [2.05, 4.69) is 34.1 Å². The molecule has 0 aliphatic carbocycles. The molecule has 3 aromatic rings. The van der Waals surface area contributed by atoms with Gasteiger partial charge in [0.1, 0.15) is 0 Å². The van der Waals surface area contributed by atoms with E-state index in [1.807, 2.05) is 36.4 Å². The highest BCUT2D eigenvalue weighted by Gasteiger charge is 2.32. The number of aromatic nitrogens is 1. The SMILES string of the molecule is NC[C@@H]1CN(Cc2cc3ccccc3[nH]c2=O)C[C@H]1c1ccccc1. The number of para-hydroxylation sites is 1. The van der Waals surface area contributed by atoms with Gasteiger partial charge in [-0.3, -0.25) is 9.69 Å². The van der Waals surface area contributed by atoms with Crippen molar-refractivity contribution in [2.24, 2.45) is 11.7 Å². The molecule has 4 heteroatoms. The summed E-state index contributed by atoms with van der Waals surface area (Å²) in [5.74, 6) is 0.868. The zero-order valence-electron chi connectivity index (χ0n) is 14.2. The number of hydrogen-bond acceptors (Lipinski definition) is 3. The monoisotopic (exact) mass is 333 g/mol. The first-order valence-electron chi connectivity index (χ1n) is 8.83. The summed E-state index contributed by atoms with van der Waals surface area (Å²) in [5, 5.41) is 1.08. The predicted octanol–water partition coefficient (Wildman–Crippen LogP) is 2.70. The van der Waals surface area contributed by atoms with Crippen molar-refractivity contribution < 1.29 is 0 Å². The number of likely N-dealkylation sites (tertiary alicyclic amines) is 1. The topological polar surface area (TPSA) is 62.1 Å². The molecule has 3 N–H and O–H groups in total. The summed E-state index contributed by atoms with van der Waals surface area (Å²) in [6.07, 6.45) is 0. The van der Waals surface area contributed by atoms with Gasteiger partial charge in [-0.15, -0.1) is 0 Å². The van der Waals surface area contributed by atoms with Gasteiger partial charge in [0.25, 0.3) is 5.56 Å². The zero-order chi connectivity index (χ0) is 17.2. The third-order valence-corrected chi connectivity index (χ3v) is 5.27. The number of nitrogens with zero attached hydrogens (tertiary/aromatic N) is 1. The van der Waals surface area contributed by atoms with E-state index in [0.717, 1.165) is 29.6 Å². The van der Waals surface area contributed by atoms with Crippen molar-refractivity contribution >= 4 is 10.9 Å². The lowest BCUT2D eigenvalue weighted by Crippen LogP contribution is -2.26. The van der Waals surface area contributed by atoms with Gasteiger partial charge in [0.2, 0.25) is 0 Å². The molecule has 4 nitrogen and oxygen atoms in total. The smallest absolute Gasteiger partial charge is 0.252 e. The van der Waals surface area contributed by atoms with E-state index in [9.17, 15) is 4.79 Å². The fraction of sp³-hybridized carbons (Fsp3) is 0.286. The summed E-state index contributed by atoms with van der Waals surface area (Å²) in [6, 6.07) is 20.5. The number of aromatic amines is 1. The normalized spacial score (nSPS) is 21.0. The number of H-pyrrole nitrogens is 1. The molecule has 1 aliphatic heterocycles. The summed E-state index contributed by atoms with van der Waals surface area (Å²) < 4.78 is 0. The molecule has 2 aromatic carbocycles. The zero-order valence-corrected chi connectivity index (χ0v) is 14.2. The highest BCUT2D eigenvalue weighted by Crippen LogP contribution is 2.32. The second-order valence-electron chi connectivity index (χ2n) is 6.92. The quantitative estimate of drug-likeness (QED) is 0.772. The Balaban J connectivity index is 1.57. The van der Waals surface area contributed by atoms with Crippen LogP contribution in [0.3, 0.4) is 0 Å². The van der Waals surface area contributed by atoms with Crippen LogP contribution in [0, 0.1) is 5.92 Å².